The number of hydrogen-bond acceptors (Lipinski definition) is 2. The van der Waals surface area contributed by atoms with Crippen LogP contribution in [0.1, 0.15) is 31.2 Å². The smallest absolute Gasteiger partial charge is 0.319 e. The maximum Gasteiger partial charge on any atom is 0.319 e. The van der Waals surface area contributed by atoms with E-state index in [0.717, 1.165) is 38.2 Å². The standard InChI is InChI=1S/C16H22N2O2/c1-12-2-4-13(5-3-12)17-15(19)18-14-6-7-16(14)8-10-20-11-9-16/h2-5,14H,6-11H2,1H3,(H2,17,18,19). The highest BCUT2D eigenvalue weighted by Crippen LogP contribution is 2.48. The second kappa shape index (κ2) is 5.44. The van der Waals surface area contributed by atoms with E-state index >= 15 is 0 Å². The molecule has 4 heteroatoms. The van der Waals surface area contributed by atoms with Gasteiger partial charge in [-0.2, -0.15) is 0 Å². The zero-order valence-corrected chi connectivity index (χ0v) is 11.9. The zero-order chi connectivity index (χ0) is 14.0. The molecule has 1 aromatic carbocycles. The third kappa shape index (κ3) is 2.66. The summed E-state index contributed by atoms with van der Waals surface area (Å²) in [5, 5.41) is 6.04. The molecule has 1 spiro atoms. The maximum absolute atomic E-state index is 12.1. The van der Waals surface area contributed by atoms with Crippen LogP contribution in [0.25, 0.3) is 0 Å². The number of urea groups is 1. The second-order valence-corrected chi connectivity index (χ2v) is 6.03. The number of anilines is 1. The van der Waals surface area contributed by atoms with Crippen molar-refractivity contribution >= 4 is 11.7 Å². The van der Waals surface area contributed by atoms with Crippen molar-refractivity contribution in [2.75, 3.05) is 18.5 Å². The van der Waals surface area contributed by atoms with Crippen LogP contribution < -0.4 is 10.6 Å². The van der Waals surface area contributed by atoms with Gasteiger partial charge in [-0.15, -0.1) is 0 Å². The summed E-state index contributed by atoms with van der Waals surface area (Å²) in [6.45, 7) is 3.70. The van der Waals surface area contributed by atoms with Gasteiger partial charge in [0.15, 0.2) is 0 Å². The third-order valence-corrected chi connectivity index (χ3v) is 4.77. The molecule has 1 unspecified atom stereocenters. The van der Waals surface area contributed by atoms with Crippen molar-refractivity contribution in [2.45, 2.75) is 38.6 Å². The predicted molar refractivity (Wildman–Crippen MR) is 78.8 cm³/mol. The Bertz CT molecular complexity index is 478. The Kier molecular flexibility index (Phi) is 3.66. The molecule has 3 rings (SSSR count). The number of ether oxygens (including phenoxy) is 1. The fourth-order valence-electron chi connectivity index (χ4n) is 3.26. The molecule has 2 amide bonds. The number of aryl methyl sites for hydroxylation is 1. The molecule has 0 aromatic heterocycles. The molecule has 0 radical (unpaired) electrons. The van der Waals surface area contributed by atoms with Crippen LogP contribution in [0.5, 0.6) is 0 Å². The van der Waals surface area contributed by atoms with Gasteiger partial charge in [0, 0.05) is 24.9 Å². The van der Waals surface area contributed by atoms with E-state index in [4.69, 9.17) is 4.74 Å². The minimum absolute atomic E-state index is 0.0931. The summed E-state index contributed by atoms with van der Waals surface area (Å²) in [7, 11) is 0. The highest BCUT2D eigenvalue weighted by atomic mass is 16.5. The van der Waals surface area contributed by atoms with Crippen LogP contribution in [0, 0.1) is 12.3 Å². The topological polar surface area (TPSA) is 50.4 Å². The van der Waals surface area contributed by atoms with Crippen LogP contribution in [0.2, 0.25) is 0 Å². The van der Waals surface area contributed by atoms with E-state index < -0.39 is 0 Å². The van der Waals surface area contributed by atoms with E-state index in [2.05, 4.69) is 10.6 Å². The van der Waals surface area contributed by atoms with Crippen molar-refractivity contribution in [3.63, 3.8) is 0 Å². The number of hydrogen-bond donors (Lipinski definition) is 2. The average Bonchev–Trinajstić information content (AvgIpc) is 2.47. The Morgan fingerprint density at radius 2 is 1.90 bits per heavy atom. The van der Waals surface area contributed by atoms with Crippen molar-refractivity contribution in [1.29, 1.82) is 0 Å². The van der Waals surface area contributed by atoms with Gasteiger partial charge < -0.3 is 15.4 Å². The first kappa shape index (κ1) is 13.4. The van der Waals surface area contributed by atoms with Gasteiger partial charge in [-0.25, -0.2) is 4.79 Å². The van der Waals surface area contributed by atoms with Gasteiger partial charge in [0.1, 0.15) is 0 Å². The lowest BCUT2D eigenvalue weighted by molar-refractivity contribution is -0.0507. The van der Waals surface area contributed by atoms with Gasteiger partial charge in [-0.05, 0) is 50.2 Å². The fourth-order valence-corrected chi connectivity index (χ4v) is 3.26. The van der Waals surface area contributed by atoms with Gasteiger partial charge in [-0.1, -0.05) is 17.7 Å². The molecule has 2 aliphatic rings. The SMILES string of the molecule is Cc1ccc(NC(=O)NC2CCC23CCOCC3)cc1. The molecule has 2 fully saturated rings. The molecule has 1 atom stereocenters. The molecule has 2 N–H and O–H groups in total. The first-order valence-electron chi connectivity index (χ1n) is 7.40. The monoisotopic (exact) mass is 274 g/mol. The molecule has 1 aliphatic heterocycles. The van der Waals surface area contributed by atoms with Gasteiger partial charge in [-0.3, -0.25) is 0 Å². The van der Waals surface area contributed by atoms with Gasteiger partial charge >= 0.3 is 6.03 Å². The lowest BCUT2D eigenvalue weighted by Gasteiger charge is -2.51. The van der Waals surface area contributed by atoms with Crippen molar-refractivity contribution in [2.24, 2.45) is 5.41 Å². The normalized spacial score (nSPS) is 23.9. The van der Waals surface area contributed by atoms with E-state index in [-0.39, 0.29) is 6.03 Å². The third-order valence-electron chi connectivity index (χ3n) is 4.77. The molecule has 1 aromatic rings. The summed E-state index contributed by atoms with van der Waals surface area (Å²) >= 11 is 0. The predicted octanol–water partition coefficient (Wildman–Crippen LogP) is 3.08. The van der Waals surface area contributed by atoms with E-state index in [1.54, 1.807) is 0 Å². The first-order chi connectivity index (χ1) is 9.68. The van der Waals surface area contributed by atoms with Crippen LogP contribution in [0.3, 0.4) is 0 Å². The van der Waals surface area contributed by atoms with Crippen molar-refractivity contribution in [3.8, 4) is 0 Å². The van der Waals surface area contributed by atoms with Crippen molar-refractivity contribution < 1.29 is 9.53 Å². The highest BCUT2D eigenvalue weighted by molar-refractivity contribution is 5.89. The van der Waals surface area contributed by atoms with Gasteiger partial charge in [0.25, 0.3) is 0 Å². The van der Waals surface area contributed by atoms with Crippen LogP contribution in [-0.2, 0) is 4.74 Å². The second-order valence-electron chi connectivity index (χ2n) is 6.03. The average molecular weight is 274 g/mol. The molecule has 4 nitrogen and oxygen atoms in total. The molecule has 1 aliphatic carbocycles. The number of carbonyl (C=O) groups is 1. The molecule has 0 bridgehead atoms. The minimum Gasteiger partial charge on any atom is -0.381 e. The van der Waals surface area contributed by atoms with Gasteiger partial charge in [0.2, 0.25) is 0 Å². The van der Waals surface area contributed by atoms with E-state index in [1.165, 1.54) is 12.0 Å². The molecule has 108 valence electrons. The molecule has 1 saturated carbocycles. The van der Waals surface area contributed by atoms with E-state index in [1.807, 2.05) is 31.2 Å². The number of benzene rings is 1. The fraction of sp³-hybridized carbons (Fsp3) is 0.562. The Labute approximate surface area is 119 Å². The summed E-state index contributed by atoms with van der Waals surface area (Å²) in [5.41, 5.74) is 2.33. The number of amides is 2. The lowest BCUT2D eigenvalue weighted by atomic mass is 9.60. The Morgan fingerprint density at radius 1 is 1.20 bits per heavy atom. The molecular formula is C16H22N2O2. The Hall–Kier alpha value is -1.55. The maximum atomic E-state index is 12.1. The highest BCUT2D eigenvalue weighted by Gasteiger charge is 2.47. The summed E-state index contributed by atoms with van der Waals surface area (Å²) < 4.78 is 5.43. The van der Waals surface area contributed by atoms with E-state index in [0.29, 0.717) is 11.5 Å². The number of carbonyl (C=O) groups excluding carboxylic acids is 1. The summed E-state index contributed by atoms with van der Waals surface area (Å²) in [4.78, 5) is 12.1. The quantitative estimate of drug-likeness (QED) is 0.870. The molecular weight excluding hydrogens is 252 g/mol. The summed E-state index contributed by atoms with van der Waals surface area (Å²) in [6, 6.07) is 8.07. The van der Waals surface area contributed by atoms with Crippen LogP contribution in [0.15, 0.2) is 24.3 Å². The number of rotatable bonds is 2. The van der Waals surface area contributed by atoms with E-state index in [9.17, 15) is 4.79 Å². The van der Waals surface area contributed by atoms with Crippen LogP contribution >= 0.6 is 0 Å². The van der Waals surface area contributed by atoms with Crippen LogP contribution in [-0.4, -0.2) is 25.3 Å². The summed E-state index contributed by atoms with van der Waals surface area (Å²) in [6.07, 6.45) is 4.44. The van der Waals surface area contributed by atoms with Gasteiger partial charge in [0.05, 0.1) is 0 Å². The van der Waals surface area contributed by atoms with Crippen molar-refractivity contribution in [3.05, 3.63) is 29.8 Å². The van der Waals surface area contributed by atoms with Crippen LogP contribution in [0.4, 0.5) is 10.5 Å². The first-order valence-corrected chi connectivity index (χ1v) is 7.40. The summed E-state index contributed by atoms with van der Waals surface area (Å²) in [5.74, 6) is 0. The molecule has 1 heterocycles. The molecule has 20 heavy (non-hydrogen) atoms. The Morgan fingerprint density at radius 3 is 2.50 bits per heavy atom. The molecule has 1 saturated heterocycles. The largest absolute Gasteiger partial charge is 0.381 e. The number of nitrogens with one attached hydrogen (secondary N) is 2. The Balaban J connectivity index is 1.55. The zero-order valence-electron chi connectivity index (χ0n) is 11.9. The lowest BCUT2D eigenvalue weighted by Crippen LogP contribution is -2.57. The van der Waals surface area contributed by atoms with Crippen molar-refractivity contribution in [1.82, 2.24) is 5.32 Å². The minimum atomic E-state index is -0.0931.